The number of aryl methyl sites for hydroxylation is 1. The molecule has 0 bridgehead atoms. The third kappa shape index (κ3) is 4.33. The van der Waals surface area contributed by atoms with E-state index in [1.807, 2.05) is 42.6 Å². The Morgan fingerprint density at radius 1 is 1.16 bits per heavy atom. The molecule has 1 aliphatic rings. The van der Waals surface area contributed by atoms with Crippen molar-refractivity contribution in [3.63, 3.8) is 0 Å². The summed E-state index contributed by atoms with van der Waals surface area (Å²) in [6.45, 7) is 8.08. The molecule has 1 aliphatic heterocycles. The van der Waals surface area contributed by atoms with Crippen molar-refractivity contribution in [2.75, 3.05) is 12.0 Å². The second-order valence-corrected chi connectivity index (χ2v) is 12.3. The summed E-state index contributed by atoms with van der Waals surface area (Å²) in [4.78, 5) is 33.8. The van der Waals surface area contributed by atoms with Crippen molar-refractivity contribution in [1.29, 1.82) is 0 Å². The van der Waals surface area contributed by atoms with Crippen LogP contribution < -0.4 is 9.64 Å². The first kappa shape index (κ1) is 25.4. The molecule has 0 spiro atoms. The highest BCUT2D eigenvalue weighted by Gasteiger charge is 2.49. The van der Waals surface area contributed by atoms with Gasteiger partial charge in [0.15, 0.2) is 5.13 Å². The Hall–Kier alpha value is -3.20. The van der Waals surface area contributed by atoms with Gasteiger partial charge in [-0.05, 0) is 59.2 Å². The average molecular weight is 553 g/mol. The van der Waals surface area contributed by atoms with E-state index in [-0.39, 0.29) is 16.7 Å². The molecule has 1 atom stereocenters. The Morgan fingerprint density at radius 2 is 1.92 bits per heavy atom. The van der Waals surface area contributed by atoms with E-state index >= 15 is 0 Å². The van der Waals surface area contributed by atoms with Crippen LogP contribution in [0.3, 0.4) is 0 Å². The fourth-order valence-electron chi connectivity index (χ4n) is 4.39. The number of ether oxygens (including phenoxy) is 1. The summed E-state index contributed by atoms with van der Waals surface area (Å²) < 4.78 is 6.38. The number of carbonyl (C=O) groups is 2. The molecule has 4 aromatic rings. The quantitative estimate of drug-likeness (QED) is 0.164. The van der Waals surface area contributed by atoms with Crippen LogP contribution in [0.25, 0.3) is 16.0 Å². The largest absolute Gasteiger partial charge is 0.507 e. The topological polar surface area (TPSA) is 79.7 Å². The number of benzene rings is 2. The summed E-state index contributed by atoms with van der Waals surface area (Å²) in [5, 5.41) is 14.4. The van der Waals surface area contributed by atoms with Crippen molar-refractivity contribution in [2.45, 2.75) is 39.2 Å². The summed E-state index contributed by atoms with van der Waals surface area (Å²) in [7, 11) is 1.51. The molecular weight excluding hydrogens is 528 g/mol. The second kappa shape index (κ2) is 9.28. The number of aromatic nitrogens is 1. The lowest BCUT2D eigenvalue weighted by Gasteiger charge is -2.23. The summed E-state index contributed by atoms with van der Waals surface area (Å²) in [5.74, 6) is -1.38. The molecule has 1 N–H and O–H groups in total. The van der Waals surface area contributed by atoms with Crippen LogP contribution in [0.2, 0.25) is 5.02 Å². The standard InChI is InChI=1S/C28H25ClN2O4S2/c1-14-11-21-18(13-17(14)29)30-27(37-21)31-23(20-7-6-10-36-20)22(25(33)26(31)34)24(32)16-12-15(28(2,3)4)8-9-19(16)35-5/h6-13,23,32H,1-5H3/b24-22+. The molecule has 1 unspecified atom stereocenters. The predicted molar refractivity (Wildman–Crippen MR) is 150 cm³/mol. The van der Waals surface area contributed by atoms with Gasteiger partial charge in [-0.2, -0.15) is 0 Å². The van der Waals surface area contributed by atoms with Crippen molar-refractivity contribution in [2.24, 2.45) is 0 Å². The maximum absolute atomic E-state index is 13.5. The molecule has 0 aliphatic carbocycles. The van der Waals surface area contributed by atoms with E-state index in [1.165, 1.54) is 34.7 Å². The Labute approximate surface area is 227 Å². The van der Waals surface area contributed by atoms with Crippen LogP contribution in [-0.2, 0) is 15.0 Å². The lowest BCUT2D eigenvalue weighted by atomic mass is 9.85. The maximum atomic E-state index is 13.5. The van der Waals surface area contributed by atoms with E-state index in [1.54, 1.807) is 12.1 Å². The summed E-state index contributed by atoms with van der Waals surface area (Å²) in [6.07, 6.45) is 0. The number of aliphatic hydroxyl groups is 1. The van der Waals surface area contributed by atoms with Crippen molar-refractivity contribution >= 4 is 67.1 Å². The number of thiophene rings is 1. The Balaban J connectivity index is 1.74. The zero-order valence-electron chi connectivity index (χ0n) is 21.0. The van der Waals surface area contributed by atoms with Crippen LogP contribution in [0.4, 0.5) is 5.13 Å². The first-order chi connectivity index (χ1) is 17.5. The number of aliphatic hydroxyl groups excluding tert-OH is 1. The minimum atomic E-state index is -0.833. The molecule has 0 saturated carbocycles. The Kier molecular flexibility index (Phi) is 6.38. The number of Topliss-reactive ketones (excluding diaryl/α,β-unsaturated/α-hetero) is 1. The molecule has 37 heavy (non-hydrogen) atoms. The highest BCUT2D eigenvalue weighted by atomic mass is 35.5. The number of anilines is 1. The molecule has 9 heteroatoms. The van der Waals surface area contributed by atoms with Gasteiger partial charge < -0.3 is 9.84 Å². The SMILES string of the molecule is COc1ccc(C(C)(C)C)cc1/C(O)=C1\C(=O)C(=O)N(c2nc3cc(Cl)c(C)cc3s2)C1c1cccs1. The molecule has 1 saturated heterocycles. The van der Waals surface area contributed by atoms with Crippen molar-refractivity contribution in [1.82, 2.24) is 4.98 Å². The fourth-order valence-corrected chi connectivity index (χ4v) is 6.45. The number of amides is 1. The average Bonchev–Trinajstić information content (AvgIpc) is 3.57. The molecule has 2 aromatic heterocycles. The van der Waals surface area contributed by atoms with Gasteiger partial charge in [-0.25, -0.2) is 4.98 Å². The predicted octanol–water partition coefficient (Wildman–Crippen LogP) is 7.25. The van der Waals surface area contributed by atoms with E-state index < -0.39 is 17.7 Å². The van der Waals surface area contributed by atoms with Crippen LogP contribution >= 0.6 is 34.3 Å². The lowest BCUT2D eigenvalue weighted by Crippen LogP contribution is -2.28. The number of carbonyl (C=O) groups excluding carboxylic acids is 2. The molecule has 2 aromatic carbocycles. The lowest BCUT2D eigenvalue weighted by molar-refractivity contribution is -0.132. The van der Waals surface area contributed by atoms with Gasteiger partial charge in [-0.3, -0.25) is 14.5 Å². The third-order valence-corrected chi connectivity index (χ3v) is 8.79. The Morgan fingerprint density at radius 3 is 2.57 bits per heavy atom. The number of fused-ring (bicyclic) bond motifs is 1. The van der Waals surface area contributed by atoms with E-state index in [0.29, 0.717) is 27.0 Å². The van der Waals surface area contributed by atoms with Crippen molar-refractivity contribution in [3.8, 4) is 5.75 Å². The minimum Gasteiger partial charge on any atom is -0.507 e. The zero-order chi connectivity index (χ0) is 26.6. The molecular formula is C28H25ClN2O4S2. The molecule has 1 fully saturated rings. The number of halogens is 1. The molecule has 190 valence electrons. The van der Waals surface area contributed by atoms with Gasteiger partial charge >= 0.3 is 5.91 Å². The summed E-state index contributed by atoms with van der Waals surface area (Å²) in [6, 6.07) is 12.0. The Bertz CT molecular complexity index is 1540. The minimum absolute atomic E-state index is 0.00489. The van der Waals surface area contributed by atoms with Crippen molar-refractivity contribution < 1.29 is 19.4 Å². The maximum Gasteiger partial charge on any atom is 0.301 e. The number of rotatable bonds is 4. The normalized spacial score (nSPS) is 17.7. The first-order valence-corrected chi connectivity index (χ1v) is 13.7. The summed E-state index contributed by atoms with van der Waals surface area (Å²) in [5.41, 5.74) is 2.65. The molecule has 0 radical (unpaired) electrons. The van der Waals surface area contributed by atoms with Gasteiger partial charge in [0.25, 0.3) is 5.78 Å². The number of thiazole rings is 1. The molecule has 3 heterocycles. The second-order valence-electron chi connectivity index (χ2n) is 9.92. The smallest absolute Gasteiger partial charge is 0.301 e. The zero-order valence-corrected chi connectivity index (χ0v) is 23.3. The van der Waals surface area contributed by atoms with Gasteiger partial charge in [0.1, 0.15) is 17.6 Å². The molecule has 6 nitrogen and oxygen atoms in total. The van der Waals surface area contributed by atoms with E-state index in [4.69, 9.17) is 16.3 Å². The van der Waals surface area contributed by atoms with Gasteiger partial charge in [-0.15, -0.1) is 11.3 Å². The van der Waals surface area contributed by atoms with E-state index in [2.05, 4.69) is 25.8 Å². The monoisotopic (exact) mass is 552 g/mol. The third-order valence-electron chi connectivity index (χ3n) is 6.44. The highest BCUT2D eigenvalue weighted by Crippen LogP contribution is 2.46. The van der Waals surface area contributed by atoms with Crippen LogP contribution in [0.1, 0.15) is 48.4 Å². The van der Waals surface area contributed by atoms with Crippen LogP contribution in [0.5, 0.6) is 5.75 Å². The van der Waals surface area contributed by atoms with Crippen molar-refractivity contribution in [3.05, 3.63) is 80.0 Å². The van der Waals surface area contributed by atoms with Gasteiger partial charge in [-0.1, -0.05) is 55.8 Å². The number of ketones is 1. The highest BCUT2D eigenvalue weighted by molar-refractivity contribution is 7.22. The fraction of sp³-hybridized carbons (Fsp3) is 0.250. The molecule has 1 amide bonds. The van der Waals surface area contributed by atoms with Gasteiger partial charge in [0.2, 0.25) is 0 Å². The number of nitrogens with zero attached hydrogens (tertiary/aromatic N) is 2. The first-order valence-electron chi connectivity index (χ1n) is 11.6. The van der Waals surface area contributed by atoms with Crippen LogP contribution in [0, 0.1) is 6.92 Å². The van der Waals surface area contributed by atoms with E-state index in [0.717, 1.165) is 20.7 Å². The summed E-state index contributed by atoms with van der Waals surface area (Å²) >= 11 is 9.01. The number of hydrogen-bond acceptors (Lipinski definition) is 7. The van der Waals surface area contributed by atoms with Crippen LogP contribution in [-0.4, -0.2) is 28.9 Å². The van der Waals surface area contributed by atoms with Crippen LogP contribution in [0.15, 0.2) is 53.4 Å². The number of hydrogen-bond donors (Lipinski definition) is 1. The van der Waals surface area contributed by atoms with Gasteiger partial charge in [0, 0.05) is 9.90 Å². The number of methoxy groups -OCH3 is 1. The van der Waals surface area contributed by atoms with Gasteiger partial charge in [0.05, 0.1) is 28.5 Å². The molecule has 5 rings (SSSR count). The van der Waals surface area contributed by atoms with E-state index in [9.17, 15) is 14.7 Å².